The zero-order chi connectivity index (χ0) is 13.2. The second kappa shape index (κ2) is 4.98. The van der Waals surface area contributed by atoms with Gasteiger partial charge in [-0.15, -0.1) is 0 Å². The fourth-order valence-corrected chi connectivity index (χ4v) is 2.85. The van der Waals surface area contributed by atoms with Gasteiger partial charge < -0.3 is 4.79 Å². The fraction of sp³-hybridized carbons (Fsp3) is 0.235. The van der Waals surface area contributed by atoms with E-state index in [1.807, 2.05) is 24.3 Å². The molecule has 0 radical (unpaired) electrons. The number of hydrogen-bond donors (Lipinski definition) is 0. The summed E-state index contributed by atoms with van der Waals surface area (Å²) in [5.41, 5.74) is 5.01. The van der Waals surface area contributed by atoms with E-state index in [4.69, 9.17) is 0 Å². The smallest absolute Gasteiger partial charge is 0.141 e. The average Bonchev–Trinajstić information content (AvgIpc) is 2.79. The summed E-state index contributed by atoms with van der Waals surface area (Å²) < 4.78 is 0. The van der Waals surface area contributed by atoms with Crippen LogP contribution >= 0.6 is 0 Å². The van der Waals surface area contributed by atoms with Crippen molar-refractivity contribution in [2.24, 2.45) is 0 Å². The summed E-state index contributed by atoms with van der Waals surface area (Å²) in [5.74, 6) is 0. The van der Waals surface area contributed by atoms with E-state index in [0.717, 1.165) is 19.4 Å². The van der Waals surface area contributed by atoms with Crippen molar-refractivity contribution in [2.75, 3.05) is 0 Å². The lowest BCUT2D eigenvalue weighted by molar-refractivity contribution is -0.112. The molecule has 0 N–H and O–H groups in total. The highest BCUT2D eigenvalue weighted by Gasteiger charge is 2.30. The van der Waals surface area contributed by atoms with Crippen molar-refractivity contribution < 1.29 is 4.79 Å². The zero-order valence-electron chi connectivity index (χ0n) is 11.0. The second-order valence-electron chi connectivity index (χ2n) is 5.11. The van der Waals surface area contributed by atoms with Crippen LogP contribution in [0.15, 0.2) is 48.5 Å². The third-order valence-electron chi connectivity index (χ3n) is 3.88. The van der Waals surface area contributed by atoms with Gasteiger partial charge in [0.15, 0.2) is 0 Å². The number of aryl methyl sites for hydroxylation is 1. The molecule has 2 aromatic rings. The quantitative estimate of drug-likeness (QED) is 0.780. The Bertz CT molecular complexity index is 591. The van der Waals surface area contributed by atoms with Gasteiger partial charge in [-0.2, -0.15) is 0 Å². The second-order valence-corrected chi connectivity index (χ2v) is 5.11. The Morgan fingerprint density at radius 1 is 1.16 bits per heavy atom. The summed E-state index contributed by atoms with van der Waals surface area (Å²) in [6, 6.07) is 16.4. The van der Waals surface area contributed by atoms with E-state index >= 15 is 0 Å². The number of fused-ring (bicyclic) bond motifs is 1. The van der Waals surface area contributed by atoms with E-state index in [0.29, 0.717) is 0 Å². The van der Waals surface area contributed by atoms with Crippen LogP contribution in [-0.2, 0) is 17.9 Å². The van der Waals surface area contributed by atoms with E-state index in [1.165, 1.54) is 22.3 Å². The monoisotopic (exact) mass is 251 g/mol. The lowest BCUT2D eigenvalue weighted by Gasteiger charge is -2.20. The van der Waals surface area contributed by atoms with Gasteiger partial charge in [-0.3, -0.25) is 4.90 Å². The first-order chi connectivity index (χ1) is 9.29. The lowest BCUT2D eigenvalue weighted by Crippen LogP contribution is -2.22. The summed E-state index contributed by atoms with van der Waals surface area (Å²) in [6.07, 6.45) is 1.06. The van der Waals surface area contributed by atoms with Crippen LogP contribution in [0.25, 0.3) is 0 Å². The third kappa shape index (κ3) is 2.20. The maximum absolute atomic E-state index is 11.4. The van der Waals surface area contributed by atoms with Gasteiger partial charge >= 0.3 is 0 Å². The molecule has 1 heterocycles. The van der Waals surface area contributed by atoms with Gasteiger partial charge in [-0.25, -0.2) is 0 Å². The van der Waals surface area contributed by atoms with Crippen molar-refractivity contribution in [3.05, 3.63) is 70.8 Å². The van der Waals surface area contributed by atoms with Crippen molar-refractivity contribution in [1.29, 1.82) is 0 Å². The molecule has 1 aliphatic heterocycles. The lowest BCUT2D eigenvalue weighted by atomic mass is 10.0. The van der Waals surface area contributed by atoms with Gasteiger partial charge in [0.2, 0.25) is 0 Å². The first-order valence-electron chi connectivity index (χ1n) is 6.61. The summed E-state index contributed by atoms with van der Waals surface area (Å²) in [4.78, 5) is 13.7. The van der Waals surface area contributed by atoms with Crippen molar-refractivity contribution in [3.63, 3.8) is 0 Å². The number of carbonyl (C=O) groups is 1. The first-order valence-corrected chi connectivity index (χ1v) is 6.61. The minimum atomic E-state index is -0.102. The number of benzene rings is 2. The Morgan fingerprint density at radius 3 is 2.68 bits per heavy atom. The van der Waals surface area contributed by atoms with E-state index in [-0.39, 0.29) is 6.04 Å². The molecule has 0 bridgehead atoms. The fourth-order valence-electron chi connectivity index (χ4n) is 2.85. The zero-order valence-corrected chi connectivity index (χ0v) is 11.0. The normalized spacial score (nSPS) is 18.3. The number of aldehydes is 1. The van der Waals surface area contributed by atoms with Crippen LogP contribution in [-0.4, -0.2) is 11.2 Å². The van der Waals surface area contributed by atoms with Gasteiger partial charge in [-0.1, -0.05) is 48.5 Å². The van der Waals surface area contributed by atoms with Crippen LogP contribution in [0.4, 0.5) is 0 Å². The number of carbonyl (C=O) groups excluding carboxylic acids is 1. The summed E-state index contributed by atoms with van der Waals surface area (Å²) >= 11 is 0. The minimum absolute atomic E-state index is 0.102. The standard InChI is InChI=1S/C17H17NO/c1-13-6-5-9-15-16(13)11-18(17(15)12-19)10-14-7-3-2-4-8-14/h2-9,12,17H,10-11H2,1H3. The molecule has 0 spiro atoms. The van der Waals surface area contributed by atoms with Crippen LogP contribution in [0.5, 0.6) is 0 Å². The molecular formula is C17H17NO. The molecule has 2 heteroatoms. The van der Waals surface area contributed by atoms with Crippen molar-refractivity contribution in [2.45, 2.75) is 26.1 Å². The van der Waals surface area contributed by atoms with E-state index in [1.54, 1.807) is 0 Å². The molecule has 2 aromatic carbocycles. The van der Waals surface area contributed by atoms with E-state index < -0.39 is 0 Å². The topological polar surface area (TPSA) is 20.3 Å². The Labute approximate surface area is 113 Å². The van der Waals surface area contributed by atoms with Gasteiger partial charge in [0, 0.05) is 13.1 Å². The maximum Gasteiger partial charge on any atom is 0.141 e. The Kier molecular flexibility index (Phi) is 3.18. The van der Waals surface area contributed by atoms with Crippen LogP contribution in [0, 0.1) is 6.92 Å². The van der Waals surface area contributed by atoms with Crippen LogP contribution in [0.3, 0.4) is 0 Å². The molecule has 0 fully saturated rings. The molecule has 0 saturated carbocycles. The maximum atomic E-state index is 11.4. The molecule has 96 valence electrons. The number of rotatable bonds is 3. The number of nitrogens with zero attached hydrogens (tertiary/aromatic N) is 1. The molecule has 0 amide bonds. The Hall–Kier alpha value is -1.93. The first kappa shape index (κ1) is 12.1. The van der Waals surface area contributed by atoms with Gasteiger partial charge in [0.25, 0.3) is 0 Å². The molecule has 3 rings (SSSR count). The predicted molar refractivity (Wildman–Crippen MR) is 75.7 cm³/mol. The SMILES string of the molecule is Cc1cccc2c1CN(Cc1ccccc1)C2C=O. The highest BCUT2D eigenvalue weighted by Crippen LogP contribution is 2.35. The summed E-state index contributed by atoms with van der Waals surface area (Å²) in [6.45, 7) is 3.80. The van der Waals surface area contributed by atoms with Crippen LogP contribution in [0.2, 0.25) is 0 Å². The molecular weight excluding hydrogens is 234 g/mol. The average molecular weight is 251 g/mol. The summed E-state index contributed by atoms with van der Waals surface area (Å²) in [7, 11) is 0. The van der Waals surface area contributed by atoms with Gasteiger partial charge in [0.1, 0.15) is 6.29 Å². The molecule has 0 aliphatic carbocycles. The van der Waals surface area contributed by atoms with E-state index in [2.05, 4.69) is 36.1 Å². The number of hydrogen-bond acceptors (Lipinski definition) is 2. The molecule has 1 atom stereocenters. The molecule has 1 unspecified atom stereocenters. The van der Waals surface area contributed by atoms with E-state index in [9.17, 15) is 4.79 Å². The third-order valence-corrected chi connectivity index (χ3v) is 3.88. The highest BCUT2D eigenvalue weighted by molar-refractivity contribution is 5.65. The van der Waals surface area contributed by atoms with Crippen molar-refractivity contribution in [1.82, 2.24) is 4.90 Å². The van der Waals surface area contributed by atoms with Crippen LogP contribution in [0.1, 0.15) is 28.3 Å². The van der Waals surface area contributed by atoms with Gasteiger partial charge in [-0.05, 0) is 29.2 Å². The summed E-state index contributed by atoms with van der Waals surface area (Å²) in [5, 5.41) is 0. The van der Waals surface area contributed by atoms with Crippen LogP contribution < -0.4 is 0 Å². The largest absolute Gasteiger partial charge is 0.301 e. The molecule has 19 heavy (non-hydrogen) atoms. The highest BCUT2D eigenvalue weighted by atomic mass is 16.1. The predicted octanol–water partition coefficient (Wildman–Crippen LogP) is 3.25. The molecule has 2 nitrogen and oxygen atoms in total. The molecule has 0 saturated heterocycles. The Balaban J connectivity index is 1.90. The molecule has 1 aliphatic rings. The minimum Gasteiger partial charge on any atom is -0.301 e. The van der Waals surface area contributed by atoms with Crippen molar-refractivity contribution in [3.8, 4) is 0 Å². The Morgan fingerprint density at radius 2 is 1.95 bits per heavy atom. The van der Waals surface area contributed by atoms with Gasteiger partial charge in [0.05, 0.1) is 6.04 Å². The van der Waals surface area contributed by atoms with Crippen molar-refractivity contribution >= 4 is 6.29 Å². The molecule has 0 aromatic heterocycles.